The first-order valence-corrected chi connectivity index (χ1v) is 27.0. The average molecular weight is 1130 g/mol. The summed E-state index contributed by atoms with van der Waals surface area (Å²) in [5.74, 6) is -7.08. The highest BCUT2D eigenvalue weighted by Gasteiger charge is 2.51. The van der Waals surface area contributed by atoms with E-state index in [1.54, 1.807) is 97.2 Å². The first kappa shape index (κ1) is 67.4. The van der Waals surface area contributed by atoms with Gasteiger partial charge in [-0.05, 0) is 62.3 Å². The molecule has 2 saturated heterocycles. The zero-order chi connectivity index (χ0) is 59.1. The van der Waals surface area contributed by atoms with Gasteiger partial charge < -0.3 is 91.3 Å². The van der Waals surface area contributed by atoms with Gasteiger partial charge in [0.15, 0.2) is 24.2 Å². The van der Waals surface area contributed by atoms with Crippen molar-refractivity contribution in [3.05, 3.63) is 115 Å². The molecule has 2 bridgehead atoms. The monoisotopic (exact) mass is 1130 g/mol. The third-order valence-electron chi connectivity index (χ3n) is 14.0. The number of nitrogens with two attached hydrogens (primary N) is 2. The third kappa shape index (κ3) is 23.0. The van der Waals surface area contributed by atoms with Gasteiger partial charge in [0, 0.05) is 55.7 Å². The summed E-state index contributed by atoms with van der Waals surface area (Å²) in [4.78, 5) is 52.1. The number of aliphatic hydroxyl groups is 11. The van der Waals surface area contributed by atoms with E-state index in [0.29, 0.717) is 17.7 Å². The van der Waals surface area contributed by atoms with Gasteiger partial charge in [-0.1, -0.05) is 98.9 Å². The van der Waals surface area contributed by atoms with E-state index in [9.17, 15) is 75.3 Å². The van der Waals surface area contributed by atoms with Gasteiger partial charge in [0.2, 0.25) is 0 Å². The maximum atomic E-state index is 13.3. The molecule has 446 valence electrons. The molecule has 3 heterocycles. The highest BCUT2D eigenvalue weighted by Crippen LogP contribution is 2.38. The lowest BCUT2D eigenvalue weighted by molar-refractivity contribution is -0.331. The van der Waals surface area contributed by atoms with Gasteiger partial charge in [-0.15, -0.1) is 0 Å². The van der Waals surface area contributed by atoms with Crippen molar-refractivity contribution in [1.82, 2.24) is 0 Å². The molecule has 3 aliphatic rings. The van der Waals surface area contributed by atoms with Crippen molar-refractivity contribution in [3.63, 3.8) is 0 Å². The molecule has 19 atom stereocenters. The van der Waals surface area contributed by atoms with Gasteiger partial charge in [-0.3, -0.25) is 19.2 Å². The van der Waals surface area contributed by atoms with Crippen LogP contribution in [0.1, 0.15) is 101 Å². The Kier molecular flexibility index (Phi) is 28.4. The van der Waals surface area contributed by atoms with Crippen LogP contribution in [0.3, 0.4) is 0 Å². The van der Waals surface area contributed by atoms with Crippen LogP contribution in [0, 0.1) is 17.8 Å². The number of ether oxygens (including phenoxy) is 5. The second-order valence-corrected chi connectivity index (χ2v) is 21.1. The Morgan fingerprint density at radius 3 is 1.86 bits per heavy atom. The molecule has 1 aromatic carbocycles. The van der Waals surface area contributed by atoms with Crippen molar-refractivity contribution in [3.8, 4) is 0 Å². The summed E-state index contributed by atoms with van der Waals surface area (Å²) in [6.07, 6.45) is -0.0799. The van der Waals surface area contributed by atoms with E-state index in [-0.39, 0.29) is 36.9 Å². The highest BCUT2D eigenvalue weighted by molar-refractivity contribution is 5.96. The predicted octanol–water partition coefficient (Wildman–Crippen LogP) is 1.30. The first-order valence-electron chi connectivity index (χ1n) is 27.0. The molecule has 3 aliphatic heterocycles. The van der Waals surface area contributed by atoms with Crippen molar-refractivity contribution in [2.75, 3.05) is 12.8 Å². The zero-order valence-corrected chi connectivity index (χ0v) is 45.5. The molecule has 0 aliphatic carbocycles. The summed E-state index contributed by atoms with van der Waals surface area (Å²) >= 11 is 0. The van der Waals surface area contributed by atoms with Crippen molar-refractivity contribution < 1.29 is 99.0 Å². The number of hydrogen-bond acceptors (Lipinski definition) is 22. The fraction of sp³-hybridized carbons (Fsp3) is 0.586. The van der Waals surface area contributed by atoms with Gasteiger partial charge in [0.25, 0.3) is 0 Å². The molecule has 15 N–H and O–H groups in total. The second-order valence-electron chi connectivity index (χ2n) is 21.1. The molecule has 0 spiro atoms. The molecule has 22 heteroatoms. The van der Waals surface area contributed by atoms with E-state index < -0.39 is 173 Å². The summed E-state index contributed by atoms with van der Waals surface area (Å²) in [5, 5.41) is 119. The molecule has 1 aromatic rings. The summed E-state index contributed by atoms with van der Waals surface area (Å²) in [5.41, 5.74) is 12.6. The van der Waals surface area contributed by atoms with Crippen LogP contribution in [-0.4, -0.2) is 184 Å². The molecule has 0 radical (unpaired) electrons. The summed E-state index contributed by atoms with van der Waals surface area (Å²) in [7, 11) is 1.08. The SMILES string of the molecule is COC(=O)C1C(O)CC2(O)CC(O)CC(O)CC(O)CC(O)CC(=O)CC(O)CC(=O)OC(C(C)CCC(O)CC(=O)c3ccc(N)cc3)C(C)\C=C/C=C/C=C/C=C/C=C/C=C/C=C/C(O[C@H]3O[C@@H](O)[C@H](O)[C@@H](N)[C@H]3O)CC1O2. The normalized spacial score (nSPS) is 38.0. The third-order valence-corrected chi connectivity index (χ3v) is 14.0. The smallest absolute Gasteiger partial charge is 0.313 e. The van der Waals surface area contributed by atoms with Gasteiger partial charge in [0.1, 0.15) is 30.0 Å². The standard InChI is InChI=1S/C58H84N2O20/c1-34-16-14-12-10-8-6-4-5-7-9-11-13-15-17-45(77-57-53(72)51(60)52(71)56(74)79-57)31-48-50(55(73)76-3)47(69)33-58(75,80-48)32-44(67)28-42(65)26-40(63)24-39(62)25-41(64)27-43(66)30-49(70)78-54(34)35(2)18-23-38(61)29-46(68)36-19-21-37(59)22-20-36/h4-17,19-22,34-35,38-40,42-45,47-48,50-54,56-57,61-63,65-67,69,71-72,74-75H,18,23-33,59-60H2,1-3H3/b5-4+,8-6+,9-7+,12-10+,13-11+,16-14-,17-15+/t34?,35?,38?,39?,40?,42?,43?,44?,45?,47?,48?,50?,51-,52-,53-,54?,56-,57+,58?/m1/s1. The maximum Gasteiger partial charge on any atom is 0.313 e. The summed E-state index contributed by atoms with van der Waals surface area (Å²) in [6.45, 7) is 3.67. The number of carbonyl (C=O) groups excluding carboxylic acids is 4. The number of esters is 2. The van der Waals surface area contributed by atoms with Crippen LogP contribution in [0.25, 0.3) is 0 Å². The number of carbonyl (C=O) groups is 4. The average Bonchev–Trinajstić information content (AvgIpc) is 3.48. The molecule has 14 unspecified atom stereocenters. The molecule has 0 aromatic heterocycles. The molecule has 22 nitrogen and oxygen atoms in total. The fourth-order valence-electron chi connectivity index (χ4n) is 9.83. The van der Waals surface area contributed by atoms with E-state index in [1.807, 2.05) is 19.9 Å². The number of anilines is 1. The number of hydrogen-bond donors (Lipinski definition) is 13. The number of benzene rings is 1. The summed E-state index contributed by atoms with van der Waals surface area (Å²) in [6, 6.07) is 4.98. The fourth-order valence-corrected chi connectivity index (χ4v) is 9.83. The number of cyclic esters (lactones) is 1. The van der Waals surface area contributed by atoms with Crippen molar-refractivity contribution in [2.24, 2.45) is 23.5 Å². The lowest BCUT2D eigenvalue weighted by Crippen LogP contribution is -2.62. The van der Waals surface area contributed by atoms with E-state index in [2.05, 4.69) is 0 Å². The Balaban J connectivity index is 1.55. The van der Waals surface area contributed by atoms with Crippen molar-refractivity contribution >= 4 is 29.2 Å². The number of allylic oxidation sites excluding steroid dienone is 12. The molecule has 0 saturated carbocycles. The van der Waals surface area contributed by atoms with Gasteiger partial charge in [-0.25, -0.2) is 0 Å². The Morgan fingerprint density at radius 1 is 0.713 bits per heavy atom. The molecule has 0 amide bonds. The molecule has 80 heavy (non-hydrogen) atoms. The zero-order valence-electron chi connectivity index (χ0n) is 45.5. The van der Waals surface area contributed by atoms with Crippen LogP contribution in [0.15, 0.2) is 109 Å². The Bertz CT molecular complexity index is 2300. The van der Waals surface area contributed by atoms with Crippen LogP contribution in [0.2, 0.25) is 0 Å². The van der Waals surface area contributed by atoms with Crippen LogP contribution >= 0.6 is 0 Å². The molecule has 2 fully saturated rings. The highest BCUT2D eigenvalue weighted by atomic mass is 16.7. The van der Waals surface area contributed by atoms with Crippen molar-refractivity contribution in [2.45, 2.75) is 189 Å². The lowest BCUT2D eigenvalue weighted by Gasteiger charge is -2.45. The number of fused-ring (bicyclic) bond motifs is 2. The maximum absolute atomic E-state index is 13.3. The summed E-state index contributed by atoms with van der Waals surface area (Å²) < 4.78 is 28.2. The minimum absolute atomic E-state index is 0.131. The van der Waals surface area contributed by atoms with Gasteiger partial charge in [0.05, 0.1) is 74.5 Å². The van der Waals surface area contributed by atoms with Crippen LogP contribution in [-0.2, 0) is 38.1 Å². The Hall–Kier alpha value is -5.12. The van der Waals surface area contributed by atoms with E-state index in [1.165, 1.54) is 6.08 Å². The first-order chi connectivity index (χ1) is 37.9. The Labute approximate surface area is 466 Å². The number of Topliss-reactive ketones (excluding diaryl/α,β-unsaturated/α-hetero) is 2. The molecule has 4 rings (SSSR count). The second kappa shape index (κ2) is 33.7. The predicted molar refractivity (Wildman–Crippen MR) is 291 cm³/mol. The van der Waals surface area contributed by atoms with E-state index in [4.69, 9.17) is 35.2 Å². The quantitative estimate of drug-likeness (QED) is 0.0892. The van der Waals surface area contributed by atoms with Crippen molar-refractivity contribution in [1.29, 1.82) is 0 Å². The number of nitrogen functional groups attached to an aromatic ring is 1. The minimum Gasteiger partial charge on any atom is -0.469 e. The van der Waals surface area contributed by atoms with Crippen LogP contribution in [0.4, 0.5) is 5.69 Å². The van der Waals surface area contributed by atoms with E-state index in [0.717, 1.165) is 7.11 Å². The number of rotatable bonds is 10. The van der Waals surface area contributed by atoms with Crippen LogP contribution < -0.4 is 11.5 Å². The topological polar surface area (TPSA) is 389 Å². The number of aliphatic hydroxyl groups excluding tert-OH is 10. The largest absolute Gasteiger partial charge is 0.469 e. The minimum atomic E-state index is -2.33. The number of methoxy groups -OCH3 is 1. The molecular formula is C58H84N2O20. The Morgan fingerprint density at radius 2 is 1.26 bits per heavy atom. The van der Waals surface area contributed by atoms with Crippen LogP contribution in [0.5, 0.6) is 0 Å². The van der Waals surface area contributed by atoms with E-state index >= 15 is 0 Å². The molecular weight excluding hydrogens is 1040 g/mol. The van der Waals surface area contributed by atoms with Gasteiger partial charge >= 0.3 is 11.9 Å². The van der Waals surface area contributed by atoms with Gasteiger partial charge in [-0.2, -0.15) is 0 Å². The number of ketones is 2. The lowest BCUT2D eigenvalue weighted by atomic mass is 9.82.